The number of nitrogens with zero attached hydrogens (tertiary/aromatic N) is 1. The molecule has 0 radical (unpaired) electrons. The molecule has 5 rings (SSSR count). The molecule has 0 spiro atoms. The topological polar surface area (TPSA) is 38.7 Å². The summed E-state index contributed by atoms with van der Waals surface area (Å²) in [6.07, 6.45) is 1.80. The summed E-state index contributed by atoms with van der Waals surface area (Å²) < 4.78 is 5.46. The van der Waals surface area contributed by atoms with Crippen LogP contribution in [0.3, 0.4) is 0 Å². The minimum absolute atomic E-state index is 0.317. The number of hydrogen-bond acceptors (Lipinski definition) is 3. The average Bonchev–Trinajstić information content (AvgIpc) is 3.10. The number of ether oxygens (including phenoxy) is 1. The lowest BCUT2D eigenvalue weighted by atomic mass is 10.00. The molecule has 0 aliphatic carbocycles. The molecule has 0 N–H and O–H groups in total. The van der Waals surface area contributed by atoms with Crippen molar-refractivity contribution >= 4 is 39.5 Å². The highest BCUT2D eigenvalue weighted by atomic mass is 16.6. The van der Waals surface area contributed by atoms with Crippen molar-refractivity contribution in [3.63, 3.8) is 0 Å². The van der Waals surface area contributed by atoms with Gasteiger partial charge in [-0.15, -0.1) is 0 Å². The first kappa shape index (κ1) is 16.5. The van der Waals surface area contributed by atoms with E-state index < -0.39 is 5.97 Å². The van der Waals surface area contributed by atoms with Crippen molar-refractivity contribution in [3.05, 3.63) is 101 Å². The van der Waals surface area contributed by atoms with Crippen molar-refractivity contribution in [1.29, 1.82) is 0 Å². The van der Waals surface area contributed by atoms with Crippen LogP contribution in [0, 0.1) is 6.92 Å². The first-order valence-corrected chi connectivity index (χ1v) is 9.19. The molecule has 0 saturated carbocycles. The molecule has 0 amide bonds. The zero-order valence-corrected chi connectivity index (χ0v) is 15.3. The van der Waals surface area contributed by atoms with E-state index in [1.165, 1.54) is 10.9 Å². The van der Waals surface area contributed by atoms with Gasteiger partial charge in [0.05, 0.1) is 0 Å². The van der Waals surface area contributed by atoms with Gasteiger partial charge in [-0.2, -0.15) is 0 Å². The molecule has 3 heteroatoms. The third kappa shape index (κ3) is 2.78. The van der Waals surface area contributed by atoms with Crippen molar-refractivity contribution in [2.45, 2.75) is 6.92 Å². The Balaban J connectivity index is 1.58. The Morgan fingerprint density at radius 2 is 1.57 bits per heavy atom. The summed E-state index contributed by atoms with van der Waals surface area (Å²) in [4.78, 5) is 16.9. The number of fused-ring (bicyclic) bond motifs is 2. The second-order valence-corrected chi connectivity index (χ2v) is 6.92. The molecule has 4 aromatic rings. The van der Waals surface area contributed by atoms with E-state index in [0.29, 0.717) is 11.6 Å². The molecule has 0 saturated heterocycles. The number of aryl methyl sites for hydroxylation is 1. The van der Waals surface area contributed by atoms with E-state index in [1.54, 1.807) is 6.08 Å². The van der Waals surface area contributed by atoms with Gasteiger partial charge in [-0.05, 0) is 57.8 Å². The zero-order chi connectivity index (χ0) is 19.1. The van der Waals surface area contributed by atoms with Crippen LogP contribution in [0.2, 0.25) is 0 Å². The van der Waals surface area contributed by atoms with Crippen LogP contribution in [0.1, 0.15) is 16.7 Å². The fourth-order valence-electron chi connectivity index (χ4n) is 3.60. The first-order valence-electron chi connectivity index (χ1n) is 9.19. The van der Waals surface area contributed by atoms with Crippen LogP contribution < -0.4 is 0 Å². The van der Waals surface area contributed by atoms with Gasteiger partial charge < -0.3 is 4.74 Å². The van der Waals surface area contributed by atoms with E-state index in [9.17, 15) is 4.79 Å². The van der Waals surface area contributed by atoms with Gasteiger partial charge in [-0.1, -0.05) is 66.7 Å². The van der Waals surface area contributed by atoms with Gasteiger partial charge in [0.2, 0.25) is 5.90 Å². The predicted molar refractivity (Wildman–Crippen MR) is 113 cm³/mol. The van der Waals surface area contributed by atoms with Crippen LogP contribution in [0.4, 0.5) is 0 Å². The molecule has 4 aromatic carbocycles. The summed E-state index contributed by atoms with van der Waals surface area (Å²) in [5, 5.41) is 4.48. The fourth-order valence-corrected chi connectivity index (χ4v) is 3.60. The summed E-state index contributed by atoms with van der Waals surface area (Å²) in [6, 6.07) is 26.2. The molecule has 1 heterocycles. The number of esters is 1. The summed E-state index contributed by atoms with van der Waals surface area (Å²) >= 11 is 0. The van der Waals surface area contributed by atoms with Crippen molar-refractivity contribution in [3.8, 4) is 0 Å². The maximum absolute atomic E-state index is 12.4. The molecule has 0 bridgehead atoms. The lowest BCUT2D eigenvalue weighted by Crippen LogP contribution is -2.05. The number of hydrogen-bond donors (Lipinski definition) is 0. The van der Waals surface area contributed by atoms with Crippen molar-refractivity contribution in [2.24, 2.45) is 4.99 Å². The van der Waals surface area contributed by atoms with E-state index in [-0.39, 0.29) is 0 Å². The number of benzene rings is 4. The molecule has 0 unspecified atom stereocenters. The summed E-state index contributed by atoms with van der Waals surface area (Å²) in [5.74, 6) is -0.0776. The van der Waals surface area contributed by atoms with E-state index in [4.69, 9.17) is 4.74 Å². The average molecular weight is 363 g/mol. The summed E-state index contributed by atoms with van der Waals surface area (Å²) in [7, 11) is 0. The Bertz CT molecular complexity index is 1310. The van der Waals surface area contributed by atoms with Crippen LogP contribution in [-0.4, -0.2) is 11.9 Å². The number of rotatable bonds is 2. The highest BCUT2D eigenvalue weighted by Gasteiger charge is 2.24. The maximum atomic E-state index is 12.4. The van der Waals surface area contributed by atoms with Crippen LogP contribution >= 0.6 is 0 Å². The number of carbonyl (C=O) groups excluding carboxylic acids is 1. The molecule has 1 aliphatic heterocycles. The zero-order valence-electron chi connectivity index (χ0n) is 15.3. The smallest absolute Gasteiger partial charge is 0.363 e. The standard InChI is InChI=1S/C25H17NO2/c1-16-10-11-19(22-9-5-4-8-21(16)22)15-23-25(27)28-24(26-23)20-13-12-17-6-2-3-7-18(17)14-20/h2-15H,1H3/b23-15-. The molecule has 1 aliphatic rings. The van der Waals surface area contributed by atoms with Gasteiger partial charge in [-0.3, -0.25) is 0 Å². The second-order valence-electron chi connectivity index (χ2n) is 6.92. The van der Waals surface area contributed by atoms with Gasteiger partial charge in [-0.25, -0.2) is 9.79 Å². The third-order valence-corrected chi connectivity index (χ3v) is 5.08. The lowest BCUT2D eigenvalue weighted by Gasteiger charge is -2.05. The van der Waals surface area contributed by atoms with Crippen LogP contribution in [0.25, 0.3) is 27.6 Å². The van der Waals surface area contributed by atoms with Crippen LogP contribution in [-0.2, 0) is 9.53 Å². The SMILES string of the molecule is Cc1ccc(/C=C2\N=C(c3ccc4ccccc4c3)OC2=O)c2ccccc12. The third-order valence-electron chi connectivity index (χ3n) is 5.08. The Morgan fingerprint density at radius 3 is 2.43 bits per heavy atom. The monoisotopic (exact) mass is 363 g/mol. The van der Waals surface area contributed by atoms with E-state index in [2.05, 4.69) is 36.2 Å². The summed E-state index contributed by atoms with van der Waals surface area (Å²) in [6.45, 7) is 2.08. The molecule has 0 atom stereocenters. The van der Waals surface area contributed by atoms with Crippen LogP contribution in [0.15, 0.2) is 89.6 Å². The predicted octanol–water partition coefficient (Wildman–Crippen LogP) is 5.65. The highest BCUT2D eigenvalue weighted by Crippen LogP contribution is 2.27. The molecule has 3 nitrogen and oxygen atoms in total. The van der Waals surface area contributed by atoms with E-state index in [1.807, 2.05) is 54.6 Å². The van der Waals surface area contributed by atoms with Gasteiger partial charge in [0.15, 0.2) is 5.70 Å². The van der Waals surface area contributed by atoms with Crippen molar-refractivity contribution in [1.82, 2.24) is 0 Å². The number of carbonyl (C=O) groups is 1. The number of aliphatic imine (C=N–C) groups is 1. The Kier molecular flexibility index (Phi) is 3.80. The van der Waals surface area contributed by atoms with E-state index in [0.717, 1.165) is 27.3 Å². The van der Waals surface area contributed by atoms with Crippen LogP contribution in [0.5, 0.6) is 0 Å². The normalized spacial score (nSPS) is 15.2. The minimum atomic E-state index is -0.423. The van der Waals surface area contributed by atoms with Crippen molar-refractivity contribution < 1.29 is 9.53 Å². The minimum Gasteiger partial charge on any atom is -0.402 e. The van der Waals surface area contributed by atoms with E-state index >= 15 is 0 Å². The largest absolute Gasteiger partial charge is 0.402 e. The second kappa shape index (κ2) is 6.46. The van der Waals surface area contributed by atoms with Gasteiger partial charge in [0, 0.05) is 5.56 Å². The van der Waals surface area contributed by atoms with Gasteiger partial charge in [0.1, 0.15) is 0 Å². The quantitative estimate of drug-likeness (QED) is 0.341. The van der Waals surface area contributed by atoms with Gasteiger partial charge in [0.25, 0.3) is 0 Å². The molecule has 134 valence electrons. The fraction of sp³-hybridized carbons (Fsp3) is 0.0400. The molecule has 0 fully saturated rings. The Hall–Kier alpha value is -3.72. The lowest BCUT2D eigenvalue weighted by molar-refractivity contribution is -0.129. The van der Waals surface area contributed by atoms with Gasteiger partial charge >= 0.3 is 5.97 Å². The summed E-state index contributed by atoms with van der Waals surface area (Å²) in [5.41, 5.74) is 3.27. The Labute approximate surface area is 162 Å². The molecule has 28 heavy (non-hydrogen) atoms. The van der Waals surface area contributed by atoms with Crippen molar-refractivity contribution in [2.75, 3.05) is 0 Å². The first-order chi connectivity index (χ1) is 13.7. The molecule has 0 aromatic heterocycles. The maximum Gasteiger partial charge on any atom is 0.363 e. The number of cyclic esters (lactones) is 1. The Morgan fingerprint density at radius 1 is 0.821 bits per heavy atom. The molecular formula is C25H17NO2. The molecular weight excluding hydrogens is 346 g/mol. The highest BCUT2D eigenvalue weighted by molar-refractivity contribution is 6.14.